The van der Waals surface area contributed by atoms with Gasteiger partial charge in [0.25, 0.3) is 0 Å². The van der Waals surface area contributed by atoms with Gasteiger partial charge in [-0.25, -0.2) is 4.98 Å². The van der Waals surface area contributed by atoms with Gasteiger partial charge >= 0.3 is 0 Å². The molecule has 4 nitrogen and oxygen atoms in total. The second-order valence-electron chi connectivity index (χ2n) is 18.0. The van der Waals surface area contributed by atoms with Crippen LogP contribution < -0.4 is 0 Å². The van der Waals surface area contributed by atoms with Crippen LogP contribution >= 0.6 is 0 Å². The Labute approximate surface area is 383 Å². The summed E-state index contributed by atoms with van der Waals surface area (Å²) in [4.78, 5) is 16.3. The van der Waals surface area contributed by atoms with Crippen LogP contribution in [0.4, 0.5) is 0 Å². The lowest BCUT2D eigenvalue weighted by Gasteiger charge is -2.22. The van der Waals surface area contributed by atoms with Crippen molar-refractivity contribution >= 4 is 43.4 Å². The SMILES string of the molecule is CC1(C)c2cc(-c3cccc4c5cc6ccccc6cc5n(-c5nc(-c6cccc(-c7ccccc7)c6)nc(-c6cccc(-c7ccccc7)c6)n5)c34)ccc2-c2c1ccc1ccccc21. The zero-order chi connectivity index (χ0) is 43.9. The Morgan fingerprint density at radius 1 is 0.348 bits per heavy atom. The molecule has 0 aliphatic heterocycles. The first kappa shape index (κ1) is 38.0. The van der Waals surface area contributed by atoms with E-state index in [-0.39, 0.29) is 5.41 Å². The van der Waals surface area contributed by atoms with Gasteiger partial charge in [-0.05, 0) is 102 Å². The Morgan fingerprint density at radius 3 is 1.59 bits per heavy atom. The molecule has 0 N–H and O–H groups in total. The molecule has 0 atom stereocenters. The number of fused-ring (bicyclic) bond motifs is 9. The number of nitrogens with zero attached hydrogens (tertiary/aromatic N) is 4. The van der Waals surface area contributed by atoms with Gasteiger partial charge in [0, 0.05) is 32.9 Å². The molecular formula is C62H42N4. The molecule has 0 amide bonds. The van der Waals surface area contributed by atoms with Crippen molar-refractivity contribution < 1.29 is 0 Å². The molecule has 2 aromatic heterocycles. The molecular weight excluding hydrogens is 801 g/mol. The van der Waals surface area contributed by atoms with Crippen LogP contribution in [0.15, 0.2) is 218 Å². The first-order chi connectivity index (χ1) is 32.5. The lowest BCUT2D eigenvalue weighted by Crippen LogP contribution is -2.15. The van der Waals surface area contributed by atoms with Gasteiger partial charge in [-0.3, -0.25) is 4.57 Å². The van der Waals surface area contributed by atoms with E-state index in [0.29, 0.717) is 17.6 Å². The molecule has 0 spiro atoms. The molecule has 13 rings (SSSR count). The molecule has 0 fully saturated rings. The minimum atomic E-state index is -0.191. The third-order valence-electron chi connectivity index (χ3n) is 13.8. The Hall–Kier alpha value is -8.47. The molecule has 0 bridgehead atoms. The van der Waals surface area contributed by atoms with Crippen LogP contribution in [-0.2, 0) is 5.41 Å². The summed E-state index contributed by atoms with van der Waals surface area (Å²) in [6.45, 7) is 4.74. The Bertz CT molecular complexity index is 3800. The Balaban J connectivity index is 1.08. The van der Waals surface area contributed by atoms with Crippen molar-refractivity contribution in [2.24, 2.45) is 0 Å². The monoisotopic (exact) mass is 842 g/mol. The van der Waals surface area contributed by atoms with Gasteiger partial charge < -0.3 is 0 Å². The molecule has 2 heterocycles. The van der Waals surface area contributed by atoms with Crippen molar-refractivity contribution in [3.8, 4) is 73.2 Å². The van der Waals surface area contributed by atoms with Crippen molar-refractivity contribution in [1.29, 1.82) is 0 Å². The summed E-state index contributed by atoms with van der Waals surface area (Å²) in [6, 6.07) is 78.5. The first-order valence-electron chi connectivity index (χ1n) is 22.7. The molecule has 0 unspecified atom stereocenters. The molecule has 1 aliphatic carbocycles. The maximum absolute atomic E-state index is 5.48. The Kier molecular flexibility index (Phi) is 8.53. The van der Waals surface area contributed by atoms with Crippen LogP contribution in [0.25, 0.3) is 117 Å². The van der Waals surface area contributed by atoms with E-state index < -0.39 is 0 Å². The third-order valence-corrected chi connectivity index (χ3v) is 13.8. The minimum absolute atomic E-state index is 0.191. The lowest BCUT2D eigenvalue weighted by atomic mass is 9.81. The van der Waals surface area contributed by atoms with E-state index in [1.807, 2.05) is 0 Å². The molecule has 10 aromatic carbocycles. The highest BCUT2D eigenvalue weighted by Crippen LogP contribution is 2.52. The highest BCUT2D eigenvalue weighted by atomic mass is 15.2. The van der Waals surface area contributed by atoms with E-state index in [2.05, 4.69) is 237 Å². The van der Waals surface area contributed by atoms with Gasteiger partial charge in [0.2, 0.25) is 5.95 Å². The molecule has 0 saturated heterocycles. The highest BCUT2D eigenvalue weighted by molar-refractivity contribution is 6.17. The van der Waals surface area contributed by atoms with Crippen molar-refractivity contribution in [2.45, 2.75) is 19.3 Å². The minimum Gasteiger partial charge on any atom is -0.277 e. The number of para-hydroxylation sites is 1. The fourth-order valence-corrected chi connectivity index (χ4v) is 10.5. The van der Waals surface area contributed by atoms with Gasteiger partial charge in [0.1, 0.15) is 0 Å². The maximum Gasteiger partial charge on any atom is 0.238 e. The van der Waals surface area contributed by atoms with E-state index in [0.717, 1.165) is 71.7 Å². The number of hydrogen-bond donors (Lipinski definition) is 0. The molecule has 12 aromatic rings. The van der Waals surface area contributed by atoms with E-state index in [1.165, 1.54) is 38.4 Å². The fraction of sp³-hybridized carbons (Fsp3) is 0.0484. The van der Waals surface area contributed by atoms with Crippen LogP contribution in [0.5, 0.6) is 0 Å². The van der Waals surface area contributed by atoms with Crippen LogP contribution in [0, 0.1) is 0 Å². The van der Waals surface area contributed by atoms with Gasteiger partial charge in [0.05, 0.1) is 11.0 Å². The largest absolute Gasteiger partial charge is 0.277 e. The molecule has 0 saturated carbocycles. The molecule has 1 aliphatic rings. The average Bonchev–Trinajstić information content (AvgIpc) is 3.83. The van der Waals surface area contributed by atoms with Crippen LogP contribution in [0.2, 0.25) is 0 Å². The summed E-state index contributed by atoms with van der Waals surface area (Å²) < 4.78 is 2.30. The quantitative estimate of drug-likeness (QED) is 0.167. The summed E-state index contributed by atoms with van der Waals surface area (Å²) in [6.07, 6.45) is 0. The smallest absolute Gasteiger partial charge is 0.238 e. The van der Waals surface area contributed by atoms with E-state index in [4.69, 9.17) is 15.0 Å². The Morgan fingerprint density at radius 2 is 0.909 bits per heavy atom. The summed E-state index contributed by atoms with van der Waals surface area (Å²) in [5, 5.41) is 7.19. The van der Waals surface area contributed by atoms with E-state index in [1.54, 1.807) is 0 Å². The van der Waals surface area contributed by atoms with Gasteiger partial charge in [0.15, 0.2) is 11.6 Å². The highest BCUT2D eigenvalue weighted by Gasteiger charge is 2.37. The normalized spacial score (nSPS) is 12.8. The summed E-state index contributed by atoms with van der Waals surface area (Å²) in [7, 11) is 0. The summed E-state index contributed by atoms with van der Waals surface area (Å²) in [5.41, 5.74) is 15.8. The van der Waals surface area contributed by atoms with Crippen LogP contribution in [0.1, 0.15) is 25.0 Å². The van der Waals surface area contributed by atoms with Crippen LogP contribution in [-0.4, -0.2) is 19.5 Å². The molecule has 310 valence electrons. The predicted octanol–water partition coefficient (Wildman–Crippen LogP) is 15.9. The standard InChI is InChI=1S/C62H42N4/c1-62(2)54-33-31-41-20-11-12-27-49(41)57(54)52-32-30-46(37-55(52)62)50-28-15-29-51-53-36-44-21-9-10-22-45(44)38-56(53)66(58(50)51)61-64-59(47-25-13-23-42(34-47)39-16-5-3-6-17-39)63-60(65-61)48-26-14-24-43(35-48)40-18-7-4-8-19-40/h3-38H,1-2H3. The van der Waals surface area contributed by atoms with E-state index in [9.17, 15) is 0 Å². The second-order valence-corrected chi connectivity index (χ2v) is 18.0. The molecule has 66 heavy (non-hydrogen) atoms. The number of aromatic nitrogens is 4. The molecule has 4 heteroatoms. The van der Waals surface area contributed by atoms with Crippen molar-refractivity contribution in [2.75, 3.05) is 0 Å². The van der Waals surface area contributed by atoms with Crippen molar-refractivity contribution in [3.05, 3.63) is 230 Å². The first-order valence-corrected chi connectivity index (χ1v) is 22.7. The summed E-state index contributed by atoms with van der Waals surface area (Å²) in [5.74, 6) is 1.78. The topological polar surface area (TPSA) is 43.6 Å². The second kappa shape index (κ2) is 14.8. The number of rotatable bonds is 6. The van der Waals surface area contributed by atoms with Crippen LogP contribution in [0.3, 0.4) is 0 Å². The van der Waals surface area contributed by atoms with E-state index >= 15 is 0 Å². The lowest BCUT2D eigenvalue weighted by molar-refractivity contribution is 0.661. The zero-order valence-electron chi connectivity index (χ0n) is 36.6. The van der Waals surface area contributed by atoms with Gasteiger partial charge in [-0.2, -0.15) is 9.97 Å². The fourth-order valence-electron chi connectivity index (χ4n) is 10.5. The maximum atomic E-state index is 5.48. The number of benzene rings is 10. The molecule has 0 radical (unpaired) electrons. The average molecular weight is 843 g/mol. The van der Waals surface area contributed by atoms with Gasteiger partial charge in [-0.15, -0.1) is 0 Å². The summed E-state index contributed by atoms with van der Waals surface area (Å²) >= 11 is 0. The van der Waals surface area contributed by atoms with Crippen molar-refractivity contribution in [1.82, 2.24) is 19.5 Å². The predicted molar refractivity (Wildman–Crippen MR) is 274 cm³/mol. The number of hydrogen-bond acceptors (Lipinski definition) is 3. The van der Waals surface area contributed by atoms with Gasteiger partial charge in [-0.1, -0.05) is 202 Å². The zero-order valence-corrected chi connectivity index (χ0v) is 36.6. The van der Waals surface area contributed by atoms with Crippen molar-refractivity contribution in [3.63, 3.8) is 0 Å². The third kappa shape index (κ3) is 6.03.